The molecule has 0 radical (unpaired) electrons. The average molecular weight is 189 g/mol. The molecule has 4 atom stereocenters. The van der Waals surface area contributed by atoms with Gasteiger partial charge in [0.2, 0.25) is 0 Å². The van der Waals surface area contributed by atoms with E-state index in [4.69, 9.17) is 9.47 Å². The quantitative estimate of drug-likeness (QED) is 0.667. The van der Waals surface area contributed by atoms with Crippen LogP contribution in [0.4, 0.5) is 0 Å². The Bertz CT molecular complexity index is 163. The van der Waals surface area contributed by atoms with Gasteiger partial charge < -0.3 is 19.5 Å². The average Bonchev–Trinajstić information content (AvgIpc) is 2.09. The maximum absolute atomic E-state index is 9.80. The number of ether oxygens (including phenoxy) is 2. The van der Waals surface area contributed by atoms with E-state index in [0.29, 0.717) is 0 Å². The number of methoxy groups -OCH3 is 1. The summed E-state index contributed by atoms with van der Waals surface area (Å²) in [6, 6.07) is 0.119. The zero-order chi connectivity index (χ0) is 10.0. The van der Waals surface area contributed by atoms with Gasteiger partial charge in [0.25, 0.3) is 0 Å². The number of nitrogens with zero attached hydrogens (tertiary/aromatic N) is 1. The minimum Gasteiger partial charge on any atom is -0.389 e. The predicted molar refractivity (Wildman–Crippen MR) is 49.4 cm³/mol. The first-order valence-corrected chi connectivity index (χ1v) is 4.59. The van der Waals surface area contributed by atoms with Gasteiger partial charge in [0.15, 0.2) is 6.29 Å². The number of aliphatic hydroxyl groups is 1. The Morgan fingerprint density at radius 2 is 2.08 bits per heavy atom. The third-order valence-electron chi connectivity index (χ3n) is 2.60. The highest BCUT2D eigenvalue weighted by atomic mass is 16.7. The van der Waals surface area contributed by atoms with E-state index in [0.717, 1.165) is 6.42 Å². The summed E-state index contributed by atoms with van der Waals surface area (Å²) in [5, 5.41) is 9.80. The van der Waals surface area contributed by atoms with Crippen LogP contribution in [0.25, 0.3) is 0 Å². The standard InChI is InChI=1S/C9H19NO3/c1-6-9(11)7(10(2)3)5-8(12-4)13-6/h6-9,11H,5H2,1-4H3/t6-,7-,8?,9-/m1/s1. The van der Waals surface area contributed by atoms with Crippen LogP contribution in [0.15, 0.2) is 0 Å². The van der Waals surface area contributed by atoms with Gasteiger partial charge >= 0.3 is 0 Å². The van der Waals surface area contributed by atoms with Crippen LogP contribution in [-0.4, -0.2) is 55.8 Å². The smallest absolute Gasteiger partial charge is 0.159 e. The second kappa shape index (κ2) is 4.37. The lowest BCUT2D eigenvalue weighted by atomic mass is 9.99. The topological polar surface area (TPSA) is 41.9 Å². The molecular weight excluding hydrogens is 170 g/mol. The minimum atomic E-state index is -0.429. The van der Waals surface area contributed by atoms with Crippen LogP contribution in [0, 0.1) is 0 Å². The normalized spacial score (nSPS) is 41.1. The molecule has 1 rings (SSSR count). The lowest BCUT2D eigenvalue weighted by Gasteiger charge is -2.40. The first-order chi connectivity index (χ1) is 6.06. The third-order valence-corrected chi connectivity index (χ3v) is 2.60. The van der Waals surface area contributed by atoms with Gasteiger partial charge in [-0.25, -0.2) is 0 Å². The monoisotopic (exact) mass is 189 g/mol. The van der Waals surface area contributed by atoms with Crippen molar-refractivity contribution in [2.24, 2.45) is 0 Å². The summed E-state index contributed by atoms with van der Waals surface area (Å²) in [4.78, 5) is 2.01. The molecule has 0 saturated carbocycles. The lowest BCUT2D eigenvalue weighted by molar-refractivity contribution is -0.224. The van der Waals surface area contributed by atoms with Gasteiger partial charge in [-0.2, -0.15) is 0 Å². The van der Waals surface area contributed by atoms with E-state index in [1.807, 2.05) is 25.9 Å². The van der Waals surface area contributed by atoms with Crippen LogP contribution in [0.3, 0.4) is 0 Å². The van der Waals surface area contributed by atoms with Gasteiger partial charge in [0, 0.05) is 19.6 Å². The Balaban J connectivity index is 2.60. The first kappa shape index (κ1) is 10.9. The molecule has 1 aliphatic rings. The van der Waals surface area contributed by atoms with E-state index in [9.17, 15) is 5.11 Å². The molecule has 1 saturated heterocycles. The molecule has 0 aromatic rings. The van der Waals surface area contributed by atoms with Crippen molar-refractivity contribution in [1.29, 1.82) is 0 Å². The molecule has 1 unspecified atom stereocenters. The fourth-order valence-electron chi connectivity index (χ4n) is 1.69. The van der Waals surface area contributed by atoms with Gasteiger partial charge in [-0.1, -0.05) is 0 Å². The zero-order valence-electron chi connectivity index (χ0n) is 8.73. The maximum Gasteiger partial charge on any atom is 0.159 e. The molecular formula is C9H19NO3. The van der Waals surface area contributed by atoms with Crippen molar-refractivity contribution >= 4 is 0 Å². The van der Waals surface area contributed by atoms with Gasteiger partial charge in [-0.05, 0) is 21.0 Å². The van der Waals surface area contributed by atoms with Crippen LogP contribution in [0.5, 0.6) is 0 Å². The van der Waals surface area contributed by atoms with Crippen molar-refractivity contribution in [1.82, 2.24) is 4.90 Å². The summed E-state index contributed by atoms with van der Waals surface area (Å²) in [5.74, 6) is 0. The zero-order valence-corrected chi connectivity index (χ0v) is 8.73. The van der Waals surface area contributed by atoms with Crippen LogP contribution in [-0.2, 0) is 9.47 Å². The van der Waals surface area contributed by atoms with Crippen molar-refractivity contribution in [3.63, 3.8) is 0 Å². The van der Waals surface area contributed by atoms with Gasteiger partial charge in [-0.15, -0.1) is 0 Å². The number of hydrogen-bond acceptors (Lipinski definition) is 4. The van der Waals surface area contributed by atoms with E-state index >= 15 is 0 Å². The van der Waals surface area contributed by atoms with Gasteiger partial charge in [-0.3, -0.25) is 0 Å². The number of aliphatic hydroxyl groups excluding tert-OH is 1. The summed E-state index contributed by atoms with van der Waals surface area (Å²) < 4.78 is 10.6. The second-order valence-electron chi connectivity index (χ2n) is 3.76. The molecule has 4 heteroatoms. The number of rotatable bonds is 2. The van der Waals surface area contributed by atoms with Crippen LogP contribution in [0.2, 0.25) is 0 Å². The molecule has 0 aromatic carbocycles. The Kier molecular flexibility index (Phi) is 3.67. The molecule has 1 heterocycles. The largest absolute Gasteiger partial charge is 0.389 e. The summed E-state index contributed by atoms with van der Waals surface area (Å²) in [5.41, 5.74) is 0. The summed E-state index contributed by atoms with van der Waals surface area (Å²) in [6.07, 6.45) is -0.0621. The minimum absolute atomic E-state index is 0.119. The van der Waals surface area contributed by atoms with Crippen molar-refractivity contribution in [2.75, 3.05) is 21.2 Å². The fraction of sp³-hybridized carbons (Fsp3) is 1.00. The maximum atomic E-state index is 9.80. The number of likely N-dealkylation sites (N-methyl/N-ethyl adjacent to an activating group) is 1. The molecule has 0 bridgehead atoms. The molecule has 0 aliphatic carbocycles. The Morgan fingerprint density at radius 3 is 2.54 bits per heavy atom. The Hall–Kier alpha value is -0.160. The Morgan fingerprint density at radius 1 is 1.46 bits per heavy atom. The van der Waals surface area contributed by atoms with Crippen LogP contribution >= 0.6 is 0 Å². The van der Waals surface area contributed by atoms with Crippen molar-refractivity contribution in [3.8, 4) is 0 Å². The predicted octanol–water partition coefficient (Wildman–Crippen LogP) is 0.0588. The molecule has 4 nitrogen and oxygen atoms in total. The highest BCUT2D eigenvalue weighted by Crippen LogP contribution is 2.23. The second-order valence-corrected chi connectivity index (χ2v) is 3.76. The summed E-state index contributed by atoms with van der Waals surface area (Å²) in [6.45, 7) is 1.87. The SMILES string of the molecule is COC1C[C@@H](N(C)C)[C@H](O)[C@@H](C)O1. The van der Waals surface area contributed by atoms with E-state index in [1.54, 1.807) is 7.11 Å². The molecule has 0 spiro atoms. The molecule has 13 heavy (non-hydrogen) atoms. The summed E-state index contributed by atoms with van der Waals surface area (Å²) >= 11 is 0. The number of hydrogen-bond donors (Lipinski definition) is 1. The molecule has 0 amide bonds. The van der Waals surface area contributed by atoms with Crippen molar-refractivity contribution in [2.45, 2.75) is 37.9 Å². The van der Waals surface area contributed by atoms with Crippen LogP contribution < -0.4 is 0 Å². The molecule has 78 valence electrons. The molecule has 1 aliphatic heterocycles. The van der Waals surface area contributed by atoms with Crippen molar-refractivity contribution in [3.05, 3.63) is 0 Å². The lowest BCUT2D eigenvalue weighted by Crippen LogP contribution is -2.53. The van der Waals surface area contributed by atoms with Gasteiger partial charge in [0.05, 0.1) is 12.2 Å². The van der Waals surface area contributed by atoms with E-state index in [1.165, 1.54) is 0 Å². The van der Waals surface area contributed by atoms with E-state index in [2.05, 4.69) is 0 Å². The Labute approximate surface area is 79.4 Å². The van der Waals surface area contributed by atoms with Gasteiger partial charge in [0.1, 0.15) is 0 Å². The highest BCUT2D eigenvalue weighted by Gasteiger charge is 2.36. The molecule has 1 N–H and O–H groups in total. The summed E-state index contributed by atoms with van der Waals surface area (Å²) in [7, 11) is 5.54. The van der Waals surface area contributed by atoms with E-state index < -0.39 is 6.10 Å². The molecule has 1 fully saturated rings. The first-order valence-electron chi connectivity index (χ1n) is 4.59. The fourth-order valence-corrected chi connectivity index (χ4v) is 1.69. The van der Waals surface area contributed by atoms with E-state index in [-0.39, 0.29) is 18.4 Å². The molecule has 0 aromatic heterocycles. The van der Waals surface area contributed by atoms with Crippen molar-refractivity contribution < 1.29 is 14.6 Å². The van der Waals surface area contributed by atoms with Crippen LogP contribution in [0.1, 0.15) is 13.3 Å². The highest BCUT2D eigenvalue weighted by molar-refractivity contribution is 4.85. The third kappa shape index (κ3) is 2.40.